The van der Waals surface area contributed by atoms with Crippen LogP contribution in [0.2, 0.25) is 0 Å². The fourth-order valence-corrected chi connectivity index (χ4v) is 2.46. The van der Waals surface area contributed by atoms with Crippen molar-refractivity contribution in [3.8, 4) is 0 Å². The average molecular weight is 378 g/mol. The summed E-state index contributed by atoms with van der Waals surface area (Å²) in [6.45, 7) is 4.37. The van der Waals surface area contributed by atoms with Crippen molar-refractivity contribution in [3.05, 3.63) is 0 Å². The van der Waals surface area contributed by atoms with E-state index < -0.39 is 0 Å². The summed E-state index contributed by atoms with van der Waals surface area (Å²) in [7, 11) is 3.51. The van der Waals surface area contributed by atoms with Crippen molar-refractivity contribution < 1.29 is 31.1 Å². The van der Waals surface area contributed by atoms with Crippen LogP contribution >= 0.6 is 0 Å². The zero-order chi connectivity index (χ0) is 16.1. The van der Waals surface area contributed by atoms with E-state index in [4.69, 9.17) is 0 Å². The van der Waals surface area contributed by atoms with Crippen molar-refractivity contribution >= 4 is 11.8 Å². The molecule has 0 unspecified atom stereocenters. The molecule has 0 spiro atoms. The van der Waals surface area contributed by atoms with E-state index in [1.165, 1.54) is 38.5 Å². The maximum absolute atomic E-state index is 12.2. The molecule has 132 valence electrons. The molecule has 0 aliphatic carbocycles. The summed E-state index contributed by atoms with van der Waals surface area (Å²) in [4.78, 5) is 24.5. The molecule has 4 heteroatoms. The second-order valence-corrected chi connectivity index (χ2v) is 6.57. The van der Waals surface area contributed by atoms with Gasteiger partial charge in [-0.05, 0) is 12.8 Å². The fourth-order valence-electron chi connectivity index (χ4n) is 2.46. The Hall–Kier alpha value is -0.220. The zero-order valence-electron chi connectivity index (χ0n) is 15.1. The van der Waals surface area contributed by atoms with E-state index in [9.17, 15) is 9.59 Å². The Labute approximate surface area is 148 Å². The van der Waals surface area contributed by atoms with Gasteiger partial charge in [-0.25, -0.2) is 14.1 Å². The molecule has 0 aliphatic heterocycles. The molecule has 22 heavy (non-hydrogen) atoms. The van der Waals surface area contributed by atoms with Crippen molar-refractivity contribution in [2.45, 2.75) is 90.9 Å². The van der Waals surface area contributed by atoms with Gasteiger partial charge in [0.15, 0.2) is 0 Å². The maximum atomic E-state index is 12.2. The normalized spacial score (nSPS) is 11.1. The standard InChI is InChI=1S/C18H36NO2.BrH/c1-5-7-9-11-13-15-17(20)19(3,4)18(21)16-14-12-10-8-6-2;/h5-16H2,1-4H3;1H/q+1;/p-1. The Morgan fingerprint density at radius 2 is 0.955 bits per heavy atom. The monoisotopic (exact) mass is 377 g/mol. The molecule has 0 radical (unpaired) electrons. The van der Waals surface area contributed by atoms with Crippen molar-refractivity contribution in [3.63, 3.8) is 0 Å². The first-order chi connectivity index (χ1) is 9.96. The number of carbonyl (C=O) groups is 2. The highest BCUT2D eigenvalue weighted by Crippen LogP contribution is 2.14. The van der Waals surface area contributed by atoms with Gasteiger partial charge in [0.2, 0.25) is 0 Å². The second-order valence-electron chi connectivity index (χ2n) is 6.57. The first-order valence-corrected chi connectivity index (χ1v) is 8.87. The molecule has 0 rings (SSSR count). The van der Waals surface area contributed by atoms with Crippen LogP contribution in [0.25, 0.3) is 0 Å². The van der Waals surface area contributed by atoms with Gasteiger partial charge in [0, 0.05) is 0 Å². The van der Waals surface area contributed by atoms with E-state index in [1.807, 2.05) is 0 Å². The first-order valence-electron chi connectivity index (χ1n) is 8.87. The predicted octanol–water partition coefficient (Wildman–Crippen LogP) is 1.84. The van der Waals surface area contributed by atoms with Gasteiger partial charge >= 0.3 is 11.8 Å². The summed E-state index contributed by atoms with van der Waals surface area (Å²) >= 11 is 0. The third-order valence-electron chi connectivity index (χ3n) is 4.24. The van der Waals surface area contributed by atoms with Crippen molar-refractivity contribution in [2.24, 2.45) is 0 Å². The van der Waals surface area contributed by atoms with Gasteiger partial charge in [-0.15, -0.1) is 0 Å². The van der Waals surface area contributed by atoms with E-state index >= 15 is 0 Å². The molecule has 0 saturated carbocycles. The molecule has 0 aromatic carbocycles. The third kappa shape index (κ3) is 10.5. The van der Waals surface area contributed by atoms with Crippen molar-refractivity contribution in [1.82, 2.24) is 0 Å². The summed E-state index contributed by atoms with van der Waals surface area (Å²) in [6, 6.07) is 0. The molecular weight excluding hydrogens is 342 g/mol. The lowest BCUT2D eigenvalue weighted by Crippen LogP contribution is -3.00. The van der Waals surface area contributed by atoms with Gasteiger partial charge in [0.1, 0.15) is 0 Å². The molecular formula is C18H36BrNO2. The SMILES string of the molecule is CCCCCCCC(=O)[N+](C)(C)C(=O)CCCCCCC.[Br-]. The van der Waals surface area contributed by atoms with Gasteiger partial charge in [-0.2, -0.15) is 0 Å². The number of unbranched alkanes of at least 4 members (excludes halogenated alkanes) is 8. The molecule has 0 aromatic heterocycles. The van der Waals surface area contributed by atoms with Gasteiger partial charge in [0.25, 0.3) is 0 Å². The third-order valence-corrected chi connectivity index (χ3v) is 4.24. The van der Waals surface area contributed by atoms with Crippen LogP contribution in [-0.4, -0.2) is 30.4 Å². The van der Waals surface area contributed by atoms with Crippen LogP contribution in [0.4, 0.5) is 0 Å². The lowest BCUT2D eigenvalue weighted by Gasteiger charge is -2.24. The minimum atomic E-state index is -0.0679. The smallest absolute Gasteiger partial charge is 0.320 e. The molecule has 2 amide bonds. The topological polar surface area (TPSA) is 34.1 Å². The summed E-state index contributed by atoms with van der Waals surface area (Å²) in [5.74, 6) is 0.148. The van der Waals surface area contributed by atoms with Crippen LogP contribution in [0.1, 0.15) is 90.9 Å². The number of nitrogens with zero attached hydrogens (tertiary/aromatic N) is 1. The van der Waals surface area contributed by atoms with Crippen LogP contribution in [0.15, 0.2) is 0 Å². The molecule has 0 bridgehead atoms. The number of rotatable bonds is 12. The highest BCUT2D eigenvalue weighted by atomic mass is 79.9. The molecule has 0 saturated heterocycles. The lowest BCUT2D eigenvalue weighted by molar-refractivity contribution is -0.736. The van der Waals surface area contributed by atoms with Crippen LogP contribution in [-0.2, 0) is 9.59 Å². The van der Waals surface area contributed by atoms with Gasteiger partial charge < -0.3 is 17.0 Å². The van der Waals surface area contributed by atoms with Crippen LogP contribution in [0.3, 0.4) is 0 Å². The number of halogens is 1. The predicted molar refractivity (Wildman–Crippen MR) is 88.9 cm³/mol. The molecule has 3 nitrogen and oxygen atoms in total. The summed E-state index contributed by atoms with van der Waals surface area (Å²) in [5, 5.41) is 0. The highest BCUT2D eigenvalue weighted by Gasteiger charge is 2.33. The van der Waals surface area contributed by atoms with Gasteiger partial charge in [0.05, 0.1) is 26.9 Å². The van der Waals surface area contributed by atoms with Crippen LogP contribution in [0.5, 0.6) is 0 Å². The Morgan fingerprint density at radius 1 is 0.636 bits per heavy atom. The summed E-state index contributed by atoms with van der Waals surface area (Å²) in [6.07, 6.45) is 12.4. The second kappa shape index (κ2) is 14.4. The van der Waals surface area contributed by atoms with E-state index in [0.29, 0.717) is 12.8 Å². The zero-order valence-corrected chi connectivity index (χ0v) is 16.7. The Morgan fingerprint density at radius 3 is 1.27 bits per heavy atom. The Bertz CT molecular complexity index is 275. The average Bonchev–Trinajstić information content (AvgIpc) is 2.46. The fraction of sp³-hybridized carbons (Fsp3) is 0.889. The van der Waals surface area contributed by atoms with E-state index in [1.54, 1.807) is 14.1 Å². The molecule has 0 aliphatic rings. The molecule has 0 heterocycles. The van der Waals surface area contributed by atoms with Gasteiger partial charge in [-0.1, -0.05) is 65.2 Å². The first kappa shape index (κ1) is 24.0. The molecule has 0 fully saturated rings. The Kier molecular flexibility index (Phi) is 15.7. The number of amides is 2. The molecule has 0 aromatic rings. The number of quaternary nitrogens is 1. The van der Waals surface area contributed by atoms with Crippen molar-refractivity contribution in [2.75, 3.05) is 14.1 Å². The minimum absolute atomic E-state index is 0. The molecule has 0 atom stereocenters. The van der Waals surface area contributed by atoms with E-state index in [0.717, 1.165) is 25.7 Å². The number of carbonyl (C=O) groups excluding carboxylic acids is 2. The van der Waals surface area contributed by atoms with E-state index in [-0.39, 0.29) is 33.3 Å². The van der Waals surface area contributed by atoms with Crippen molar-refractivity contribution in [1.29, 1.82) is 0 Å². The van der Waals surface area contributed by atoms with Crippen LogP contribution < -0.4 is 17.0 Å². The highest BCUT2D eigenvalue weighted by molar-refractivity contribution is 5.84. The number of hydrogen-bond acceptors (Lipinski definition) is 2. The molecule has 0 N–H and O–H groups in total. The van der Waals surface area contributed by atoms with Crippen LogP contribution in [0, 0.1) is 0 Å². The number of hydrogen-bond donors (Lipinski definition) is 0. The van der Waals surface area contributed by atoms with E-state index in [2.05, 4.69) is 13.8 Å². The quantitative estimate of drug-likeness (QED) is 0.384. The largest absolute Gasteiger partial charge is 1.00 e. The van der Waals surface area contributed by atoms with Gasteiger partial charge in [-0.3, -0.25) is 0 Å². The Balaban J connectivity index is 0. The maximum Gasteiger partial charge on any atom is 0.320 e. The summed E-state index contributed by atoms with van der Waals surface area (Å²) < 4.78 is -0.0679. The minimum Gasteiger partial charge on any atom is -1.00 e. The lowest BCUT2D eigenvalue weighted by atomic mass is 10.1. The summed E-state index contributed by atoms with van der Waals surface area (Å²) in [5.41, 5.74) is 0. The number of imide groups is 1.